The van der Waals surface area contributed by atoms with Crippen molar-refractivity contribution in [1.29, 1.82) is 0 Å². The summed E-state index contributed by atoms with van der Waals surface area (Å²) in [5, 5.41) is 2.34. The number of rotatable bonds is 5. The molecule has 0 saturated carbocycles. The fourth-order valence-corrected chi connectivity index (χ4v) is 8.54. The van der Waals surface area contributed by atoms with Gasteiger partial charge in [-0.05, 0) is 85.5 Å². The van der Waals surface area contributed by atoms with E-state index in [4.69, 9.17) is 15.0 Å². The SMILES string of the molecule is Cc1ccccc1C=CCc1nc(C2=Cc3ccccc3C3(c4ccccc42)c2ccccc2-c2ccccc23)nc(-c2ccc3ccccc3c2)n1. The molecule has 7 aromatic carbocycles. The lowest BCUT2D eigenvalue weighted by atomic mass is 9.66. The first kappa shape index (κ1) is 31.1. The average molecular weight is 678 g/mol. The van der Waals surface area contributed by atoms with Gasteiger partial charge in [0.05, 0.1) is 5.41 Å². The van der Waals surface area contributed by atoms with Gasteiger partial charge in [0, 0.05) is 17.6 Å². The van der Waals surface area contributed by atoms with E-state index in [1.54, 1.807) is 0 Å². The molecule has 2 aliphatic rings. The molecule has 0 radical (unpaired) electrons. The number of allylic oxidation sites excluding steroid dienone is 1. The van der Waals surface area contributed by atoms with Gasteiger partial charge in [0.1, 0.15) is 5.82 Å². The first-order chi connectivity index (χ1) is 26.2. The molecule has 1 heterocycles. The summed E-state index contributed by atoms with van der Waals surface area (Å²) in [5.41, 5.74) is 13.8. The number of aryl methyl sites for hydroxylation is 1. The van der Waals surface area contributed by atoms with E-state index in [2.05, 4.69) is 189 Å². The fourth-order valence-electron chi connectivity index (χ4n) is 8.54. The van der Waals surface area contributed by atoms with Crippen LogP contribution in [-0.4, -0.2) is 15.0 Å². The third-order valence-electron chi connectivity index (χ3n) is 11.0. The Morgan fingerprint density at radius 1 is 0.509 bits per heavy atom. The molecule has 3 heteroatoms. The van der Waals surface area contributed by atoms with Crippen LogP contribution < -0.4 is 0 Å². The van der Waals surface area contributed by atoms with Gasteiger partial charge in [-0.25, -0.2) is 15.0 Å². The zero-order chi connectivity index (χ0) is 35.4. The number of hydrogen-bond acceptors (Lipinski definition) is 3. The molecule has 0 atom stereocenters. The Morgan fingerprint density at radius 2 is 1.09 bits per heavy atom. The number of benzene rings is 7. The van der Waals surface area contributed by atoms with Crippen LogP contribution in [0.2, 0.25) is 0 Å². The van der Waals surface area contributed by atoms with Gasteiger partial charge in [-0.1, -0.05) is 170 Å². The van der Waals surface area contributed by atoms with E-state index in [0.717, 1.165) is 33.5 Å². The molecule has 250 valence electrons. The maximum atomic E-state index is 5.32. The van der Waals surface area contributed by atoms with E-state index < -0.39 is 5.41 Å². The monoisotopic (exact) mass is 677 g/mol. The van der Waals surface area contributed by atoms with Crippen LogP contribution in [0.25, 0.3) is 51.0 Å². The van der Waals surface area contributed by atoms with E-state index >= 15 is 0 Å². The Bertz CT molecular complexity index is 2740. The van der Waals surface area contributed by atoms with Crippen molar-refractivity contribution in [3.05, 3.63) is 226 Å². The number of hydrogen-bond donors (Lipinski definition) is 0. The smallest absolute Gasteiger partial charge is 0.164 e. The van der Waals surface area contributed by atoms with Gasteiger partial charge >= 0.3 is 0 Å². The highest BCUT2D eigenvalue weighted by Gasteiger charge is 2.49. The molecule has 8 aromatic rings. The molecule has 3 nitrogen and oxygen atoms in total. The number of aromatic nitrogens is 3. The summed E-state index contributed by atoms with van der Waals surface area (Å²) < 4.78 is 0. The quantitative estimate of drug-likeness (QED) is 0.182. The van der Waals surface area contributed by atoms with Crippen molar-refractivity contribution < 1.29 is 0 Å². The van der Waals surface area contributed by atoms with Crippen LogP contribution in [-0.2, 0) is 11.8 Å². The molecule has 0 amide bonds. The van der Waals surface area contributed by atoms with Crippen LogP contribution in [0, 0.1) is 6.92 Å². The molecule has 0 N–H and O–H groups in total. The van der Waals surface area contributed by atoms with Crippen LogP contribution in [0.1, 0.15) is 56.2 Å². The molecular formula is C50H35N3. The summed E-state index contributed by atoms with van der Waals surface area (Å²) >= 11 is 0. The third-order valence-corrected chi connectivity index (χ3v) is 11.0. The lowest BCUT2D eigenvalue weighted by Crippen LogP contribution is -2.30. The highest BCUT2D eigenvalue weighted by molar-refractivity contribution is 5.98. The zero-order valence-electron chi connectivity index (χ0n) is 29.4. The Labute approximate surface area is 309 Å². The van der Waals surface area contributed by atoms with Crippen molar-refractivity contribution in [2.45, 2.75) is 18.8 Å². The van der Waals surface area contributed by atoms with E-state index in [1.807, 2.05) is 0 Å². The largest absolute Gasteiger partial charge is 0.213 e. The number of fused-ring (bicyclic) bond motifs is 10. The van der Waals surface area contributed by atoms with Gasteiger partial charge in [0.2, 0.25) is 0 Å². The minimum Gasteiger partial charge on any atom is -0.213 e. The summed E-state index contributed by atoms with van der Waals surface area (Å²) in [6.07, 6.45) is 7.21. The Kier molecular flexibility index (Phi) is 7.33. The van der Waals surface area contributed by atoms with Gasteiger partial charge in [-0.2, -0.15) is 0 Å². The minimum absolute atomic E-state index is 0.522. The highest BCUT2D eigenvalue weighted by Crippen LogP contribution is 2.59. The summed E-state index contributed by atoms with van der Waals surface area (Å²) in [6.45, 7) is 2.14. The van der Waals surface area contributed by atoms with Gasteiger partial charge in [0.25, 0.3) is 0 Å². The second kappa shape index (κ2) is 12.5. The first-order valence-electron chi connectivity index (χ1n) is 18.3. The second-order valence-corrected chi connectivity index (χ2v) is 14.0. The maximum Gasteiger partial charge on any atom is 0.164 e. The third kappa shape index (κ3) is 5.00. The first-order valence-corrected chi connectivity index (χ1v) is 18.3. The van der Waals surface area contributed by atoms with Crippen molar-refractivity contribution in [1.82, 2.24) is 15.0 Å². The molecule has 0 aliphatic heterocycles. The predicted molar refractivity (Wildman–Crippen MR) is 217 cm³/mol. The fraction of sp³-hybridized carbons (Fsp3) is 0.0600. The lowest BCUT2D eigenvalue weighted by molar-refractivity contribution is 0.765. The predicted octanol–water partition coefficient (Wildman–Crippen LogP) is 11.5. The summed E-state index contributed by atoms with van der Waals surface area (Å²) in [5.74, 6) is 2.06. The molecule has 1 aromatic heterocycles. The van der Waals surface area contributed by atoms with Crippen LogP contribution in [0.15, 0.2) is 170 Å². The van der Waals surface area contributed by atoms with Crippen molar-refractivity contribution in [3.8, 4) is 22.5 Å². The van der Waals surface area contributed by atoms with Crippen molar-refractivity contribution >= 4 is 28.5 Å². The lowest BCUT2D eigenvalue weighted by Gasteiger charge is -2.35. The van der Waals surface area contributed by atoms with Crippen LogP contribution in [0.5, 0.6) is 0 Å². The molecule has 0 fully saturated rings. The molecule has 1 spiro atoms. The molecule has 2 aliphatic carbocycles. The van der Waals surface area contributed by atoms with E-state index in [9.17, 15) is 0 Å². The Balaban J connectivity index is 1.21. The van der Waals surface area contributed by atoms with Crippen molar-refractivity contribution in [2.75, 3.05) is 0 Å². The van der Waals surface area contributed by atoms with E-state index in [1.165, 1.54) is 49.9 Å². The van der Waals surface area contributed by atoms with Crippen LogP contribution in [0.3, 0.4) is 0 Å². The van der Waals surface area contributed by atoms with E-state index in [-0.39, 0.29) is 0 Å². The summed E-state index contributed by atoms with van der Waals surface area (Å²) in [4.78, 5) is 15.7. The van der Waals surface area contributed by atoms with Crippen molar-refractivity contribution in [3.63, 3.8) is 0 Å². The van der Waals surface area contributed by atoms with Gasteiger partial charge in [0.15, 0.2) is 11.6 Å². The standard InChI is InChI=1S/C50H35N3/c1-33-15-2-3-16-34(33)20-14-28-47-51-48(38-30-29-35-17-4-5-18-36(35)31-38)53-49(52-47)42-32-37-19-6-10-24-43(37)50(46-27-13-9-23-41(42)46)44-25-11-7-21-39(44)40-22-8-12-26-45(40)50/h2-27,29-32H,28H2,1H3. The Hall–Kier alpha value is -6.71. The van der Waals surface area contributed by atoms with Gasteiger partial charge in [-0.15, -0.1) is 0 Å². The van der Waals surface area contributed by atoms with E-state index in [0.29, 0.717) is 18.1 Å². The second-order valence-electron chi connectivity index (χ2n) is 14.0. The molecular weight excluding hydrogens is 643 g/mol. The molecule has 0 bridgehead atoms. The van der Waals surface area contributed by atoms with Crippen LogP contribution >= 0.6 is 0 Å². The van der Waals surface area contributed by atoms with Gasteiger partial charge in [-0.3, -0.25) is 0 Å². The maximum absolute atomic E-state index is 5.32. The number of nitrogens with zero attached hydrogens (tertiary/aromatic N) is 3. The Morgan fingerprint density at radius 3 is 1.85 bits per heavy atom. The normalized spacial score (nSPS) is 13.6. The molecule has 0 saturated heterocycles. The zero-order valence-corrected chi connectivity index (χ0v) is 29.4. The van der Waals surface area contributed by atoms with Crippen LogP contribution in [0.4, 0.5) is 0 Å². The summed E-state index contributed by atoms with van der Waals surface area (Å²) in [7, 11) is 0. The average Bonchev–Trinajstić information content (AvgIpc) is 3.43. The topological polar surface area (TPSA) is 38.7 Å². The van der Waals surface area contributed by atoms with Gasteiger partial charge < -0.3 is 0 Å². The highest BCUT2D eigenvalue weighted by atomic mass is 15.0. The summed E-state index contributed by atoms with van der Waals surface area (Å²) in [6, 6.07) is 58.9. The minimum atomic E-state index is -0.522. The van der Waals surface area contributed by atoms with Crippen molar-refractivity contribution in [2.24, 2.45) is 0 Å². The molecule has 53 heavy (non-hydrogen) atoms. The molecule has 10 rings (SSSR count). The molecule has 0 unspecified atom stereocenters.